The topological polar surface area (TPSA) is 38.1 Å². The van der Waals surface area contributed by atoms with Gasteiger partial charge in [0.25, 0.3) is 0 Å². The third-order valence-corrected chi connectivity index (χ3v) is 2.62. The predicted molar refractivity (Wildman–Crippen MR) is 63.5 cm³/mol. The van der Waals surface area contributed by atoms with Crippen molar-refractivity contribution in [2.45, 2.75) is 12.8 Å². The van der Waals surface area contributed by atoms with Gasteiger partial charge >= 0.3 is 0 Å². The largest absolute Gasteiger partial charge is 0.466 e. The molecule has 16 heavy (non-hydrogen) atoms. The number of furan rings is 1. The molecular weight excluding hydrogens is 200 g/mol. The summed E-state index contributed by atoms with van der Waals surface area (Å²) in [7, 11) is 1.95. The Morgan fingerprint density at radius 1 is 1.25 bits per heavy atom. The number of aromatic nitrogens is 1. The Morgan fingerprint density at radius 3 is 2.56 bits per heavy atom. The number of rotatable bonds is 4. The van der Waals surface area contributed by atoms with Crippen LogP contribution in [0.15, 0.2) is 41.1 Å². The number of nitrogens with zero attached hydrogens (tertiary/aromatic N) is 1. The molecule has 84 valence electrons. The van der Waals surface area contributed by atoms with Crippen molar-refractivity contribution in [3.63, 3.8) is 0 Å². The maximum atomic E-state index is 5.69. The van der Waals surface area contributed by atoms with Crippen LogP contribution in [0.25, 0.3) is 0 Å². The van der Waals surface area contributed by atoms with E-state index in [1.165, 1.54) is 5.56 Å². The number of aryl methyl sites for hydroxylation is 1. The highest BCUT2D eigenvalue weighted by Gasteiger charge is 2.16. The normalized spacial score (nSPS) is 12.6. The molecule has 1 unspecified atom stereocenters. The molecule has 3 heteroatoms. The van der Waals surface area contributed by atoms with E-state index in [4.69, 9.17) is 4.42 Å². The summed E-state index contributed by atoms with van der Waals surface area (Å²) in [5.74, 6) is 2.20. The van der Waals surface area contributed by atoms with Gasteiger partial charge in [-0.25, -0.2) is 0 Å². The van der Waals surface area contributed by atoms with Crippen molar-refractivity contribution >= 4 is 0 Å². The Morgan fingerprint density at radius 2 is 2.00 bits per heavy atom. The molecule has 0 spiro atoms. The van der Waals surface area contributed by atoms with Crippen molar-refractivity contribution in [3.8, 4) is 0 Å². The number of hydrogen-bond donors (Lipinski definition) is 1. The Balaban J connectivity index is 2.31. The monoisotopic (exact) mass is 216 g/mol. The first-order valence-corrected chi connectivity index (χ1v) is 5.42. The van der Waals surface area contributed by atoms with Gasteiger partial charge in [0.1, 0.15) is 11.5 Å². The lowest BCUT2D eigenvalue weighted by molar-refractivity contribution is 0.457. The number of nitrogens with one attached hydrogen (secondary N) is 1. The second-order valence-electron chi connectivity index (χ2n) is 3.84. The van der Waals surface area contributed by atoms with Gasteiger partial charge in [-0.1, -0.05) is 0 Å². The quantitative estimate of drug-likeness (QED) is 0.852. The summed E-state index contributed by atoms with van der Waals surface area (Å²) in [6, 6.07) is 8.09. The molecular formula is C13H16N2O. The molecule has 0 saturated heterocycles. The van der Waals surface area contributed by atoms with Crippen molar-refractivity contribution in [3.05, 3.63) is 53.7 Å². The molecule has 0 fully saturated rings. The molecule has 1 N–H and O–H groups in total. The van der Waals surface area contributed by atoms with Crippen LogP contribution < -0.4 is 5.32 Å². The van der Waals surface area contributed by atoms with Crippen molar-refractivity contribution in [2.24, 2.45) is 0 Å². The molecule has 1 atom stereocenters. The lowest BCUT2D eigenvalue weighted by Crippen LogP contribution is -2.17. The fourth-order valence-electron chi connectivity index (χ4n) is 1.82. The molecule has 0 saturated carbocycles. The molecule has 0 aliphatic rings. The Kier molecular flexibility index (Phi) is 3.37. The highest BCUT2D eigenvalue weighted by Crippen LogP contribution is 2.25. The maximum Gasteiger partial charge on any atom is 0.112 e. The van der Waals surface area contributed by atoms with Crippen LogP contribution >= 0.6 is 0 Å². The average molecular weight is 216 g/mol. The molecule has 2 heterocycles. The molecule has 0 aromatic carbocycles. The van der Waals surface area contributed by atoms with E-state index in [-0.39, 0.29) is 5.92 Å². The summed E-state index contributed by atoms with van der Waals surface area (Å²) < 4.78 is 5.69. The van der Waals surface area contributed by atoms with Crippen LogP contribution in [0.5, 0.6) is 0 Å². The minimum Gasteiger partial charge on any atom is -0.466 e. The fraction of sp³-hybridized carbons (Fsp3) is 0.308. The van der Waals surface area contributed by atoms with E-state index in [1.54, 1.807) is 0 Å². The van der Waals surface area contributed by atoms with E-state index in [1.807, 2.05) is 50.6 Å². The van der Waals surface area contributed by atoms with E-state index in [0.717, 1.165) is 18.1 Å². The number of hydrogen-bond acceptors (Lipinski definition) is 3. The van der Waals surface area contributed by atoms with Crippen LogP contribution in [0.4, 0.5) is 0 Å². The zero-order valence-electron chi connectivity index (χ0n) is 9.60. The zero-order chi connectivity index (χ0) is 11.4. The van der Waals surface area contributed by atoms with E-state index in [2.05, 4.69) is 10.3 Å². The fourth-order valence-corrected chi connectivity index (χ4v) is 1.82. The van der Waals surface area contributed by atoms with Gasteiger partial charge < -0.3 is 9.73 Å². The van der Waals surface area contributed by atoms with Crippen molar-refractivity contribution in [1.82, 2.24) is 10.3 Å². The second kappa shape index (κ2) is 4.94. The summed E-state index contributed by atoms with van der Waals surface area (Å²) in [6.07, 6.45) is 3.63. The van der Waals surface area contributed by atoms with Gasteiger partial charge in [0.15, 0.2) is 0 Å². The second-order valence-corrected chi connectivity index (χ2v) is 3.84. The summed E-state index contributed by atoms with van der Waals surface area (Å²) in [4.78, 5) is 4.04. The zero-order valence-corrected chi connectivity index (χ0v) is 9.60. The Labute approximate surface area is 95.5 Å². The van der Waals surface area contributed by atoms with E-state index in [0.29, 0.717) is 0 Å². The minimum absolute atomic E-state index is 0.252. The summed E-state index contributed by atoms with van der Waals surface area (Å²) in [5, 5.41) is 3.19. The van der Waals surface area contributed by atoms with Crippen molar-refractivity contribution in [2.75, 3.05) is 13.6 Å². The maximum absolute atomic E-state index is 5.69. The van der Waals surface area contributed by atoms with Crippen molar-refractivity contribution < 1.29 is 4.42 Å². The van der Waals surface area contributed by atoms with Crippen molar-refractivity contribution in [1.29, 1.82) is 0 Å². The lowest BCUT2D eigenvalue weighted by Gasteiger charge is -2.14. The molecule has 3 nitrogen and oxygen atoms in total. The Bertz CT molecular complexity index is 436. The molecule has 2 rings (SSSR count). The van der Waals surface area contributed by atoms with Gasteiger partial charge in [-0.15, -0.1) is 0 Å². The van der Waals surface area contributed by atoms with Gasteiger partial charge in [0.05, 0.1) is 5.92 Å². The Hall–Kier alpha value is -1.61. The van der Waals surface area contributed by atoms with Gasteiger partial charge in [0.2, 0.25) is 0 Å². The van der Waals surface area contributed by atoms with Crippen LogP contribution in [0.2, 0.25) is 0 Å². The first-order valence-electron chi connectivity index (χ1n) is 5.42. The number of pyridine rings is 1. The summed E-state index contributed by atoms with van der Waals surface area (Å²) in [5.41, 5.74) is 1.22. The van der Waals surface area contributed by atoms with E-state index in [9.17, 15) is 0 Å². The van der Waals surface area contributed by atoms with Crippen LogP contribution in [-0.4, -0.2) is 18.6 Å². The summed E-state index contributed by atoms with van der Waals surface area (Å²) in [6.45, 7) is 2.82. The van der Waals surface area contributed by atoms with Crippen LogP contribution in [0.3, 0.4) is 0 Å². The number of likely N-dealkylation sites (N-methyl/N-ethyl adjacent to an activating group) is 1. The van der Waals surface area contributed by atoms with Gasteiger partial charge in [-0.2, -0.15) is 0 Å². The molecule has 2 aromatic heterocycles. The summed E-state index contributed by atoms with van der Waals surface area (Å²) >= 11 is 0. The molecule has 2 aromatic rings. The van der Waals surface area contributed by atoms with E-state index >= 15 is 0 Å². The van der Waals surface area contributed by atoms with Gasteiger partial charge in [0, 0.05) is 18.9 Å². The predicted octanol–water partition coefficient (Wildman–Crippen LogP) is 2.33. The third kappa shape index (κ3) is 2.31. The lowest BCUT2D eigenvalue weighted by atomic mass is 9.98. The third-order valence-electron chi connectivity index (χ3n) is 2.62. The van der Waals surface area contributed by atoms with Crippen LogP contribution in [-0.2, 0) is 0 Å². The van der Waals surface area contributed by atoms with Gasteiger partial charge in [-0.3, -0.25) is 4.98 Å². The molecule has 0 radical (unpaired) electrons. The first-order chi connectivity index (χ1) is 7.81. The smallest absolute Gasteiger partial charge is 0.112 e. The van der Waals surface area contributed by atoms with E-state index < -0.39 is 0 Å². The molecule has 0 bridgehead atoms. The molecule has 0 aliphatic heterocycles. The first kappa shape index (κ1) is 10.9. The molecule has 0 aliphatic carbocycles. The van der Waals surface area contributed by atoms with Gasteiger partial charge in [-0.05, 0) is 43.8 Å². The van der Waals surface area contributed by atoms with Crippen LogP contribution in [0.1, 0.15) is 23.0 Å². The minimum atomic E-state index is 0.252. The van der Waals surface area contributed by atoms with Crippen LogP contribution in [0, 0.1) is 6.92 Å². The molecule has 0 amide bonds. The SMILES string of the molecule is CNCC(c1ccncc1)c1ccc(C)o1. The highest BCUT2D eigenvalue weighted by atomic mass is 16.3. The highest BCUT2D eigenvalue weighted by molar-refractivity contribution is 5.26. The average Bonchev–Trinajstić information content (AvgIpc) is 2.74. The standard InChI is InChI=1S/C13H16N2O/c1-10-3-4-13(16-10)12(9-14-2)11-5-7-15-8-6-11/h3-8,12,14H,9H2,1-2H3.